The number of hydrogen-bond donors (Lipinski definition) is 1. The van der Waals surface area contributed by atoms with Crippen LogP contribution in [0, 0.1) is 6.92 Å². The second-order valence-corrected chi connectivity index (χ2v) is 7.25. The predicted octanol–water partition coefficient (Wildman–Crippen LogP) is 0.795. The van der Waals surface area contributed by atoms with E-state index in [4.69, 9.17) is 19.2 Å². The van der Waals surface area contributed by atoms with Crippen molar-refractivity contribution in [3.8, 4) is 11.5 Å². The number of hydrogen-bond acceptors (Lipinski definition) is 6. The molecule has 1 aromatic carbocycles. The molecule has 1 N–H and O–H groups in total. The lowest BCUT2D eigenvalue weighted by molar-refractivity contribution is -0.929. The number of ether oxygens (including phenoxy) is 3. The molecule has 0 spiro atoms. The van der Waals surface area contributed by atoms with E-state index < -0.39 is 0 Å². The molecule has 1 fully saturated rings. The first-order valence-electron chi connectivity index (χ1n) is 9.25. The summed E-state index contributed by atoms with van der Waals surface area (Å²) < 4.78 is 18.7. The number of aryl methyl sites for hydroxylation is 1. The minimum atomic E-state index is 0.250. The number of nitrogens with one attached hydrogen (secondary N) is 1. The maximum absolute atomic E-state index is 5.85. The van der Waals surface area contributed by atoms with Crippen LogP contribution in [0.2, 0.25) is 0 Å². The molecule has 27 heavy (non-hydrogen) atoms. The van der Waals surface area contributed by atoms with Gasteiger partial charge in [0, 0.05) is 11.5 Å². The lowest BCUT2D eigenvalue weighted by Crippen LogP contribution is -3.14. The highest BCUT2D eigenvalue weighted by atomic mass is 16.5. The fourth-order valence-corrected chi connectivity index (χ4v) is 4.07. The van der Waals surface area contributed by atoms with Gasteiger partial charge in [-0.05, 0) is 26.8 Å². The Bertz CT molecular complexity index is 977. The highest BCUT2D eigenvalue weighted by Crippen LogP contribution is 2.33. The number of fused-ring (bicyclic) bond motifs is 3. The minimum absolute atomic E-state index is 0.250. The highest BCUT2D eigenvalue weighted by molar-refractivity contribution is 5.93. The van der Waals surface area contributed by atoms with E-state index in [1.54, 1.807) is 14.2 Å². The number of morpholine rings is 1. The molecule has 8 nitrogen and oxygen atoms in total. The zero-order valence-corrected chi connectivity index (χ0v) is 16.4. The number of quaternary nitrogens is 1. The Morgan fingerprint density at radius 2 is 1.78 bits per heavy atom. The number of nitrogens with zero attached hydrogens (tertiary/aromatic N) is 4. The molecule has 2 aromatic heterocycles. The Morgan fingerprint density at radius 3 is 2.44 bits per heavy atom. The van der Waals surface area contributed by atoms with Crippen LogP contribution in [0.1, 0.15) is 25.5 Å². The van der Waals surface area contributed by atoms with Gasteiger partial charge in [-0.15, -0.1) is 10.2 Å². The molecule has 3 aromatic rings. The molecule has 1 aliphatic heterocycles. The first-order valence-corrected chi connectivity index (χ1v) is 9.25. The molecule has 0 saturated carbocycles. The topological polar surface area (TPSA) is 75.2 Å². The average molecular weight is 372 g/mol. The summed E-state index contributed by atoms with van der Waals surface area (Å²) in [5.74, 6) is 3.09. The van der Waals surface area contributed by atoms with Crippen LogP contribution in [-0.4, -0.2) is 59.1 Å². The second kappa shape index (κ2) is 6.94. The van der Waals surface area contributed by atoms with Crippen LogP contribution < -0.4 is 14.4 Å². The van der Waals surface area contributed by atoms with Gasteiger partial charge in [0.15, 0.2) is 23.0 Å². The van der Waals surface area contributed by atoms with Gasteiger partial charge in [0.1, 0.15) is 37.7 Å². The van der Waals surface area contributed by atoms with Crippen LogP contribution in [0.3, 0.4) is 0 Å². The summed E-state index contributed by atoms with van der Waals surface area (Å²) in [5, 5.41) is 9.86. The molecular formula is C19H26N5O3+. The lowest BCUT2D eigenvalue weighted by Gasteiger charge is -2.31. The summed E-state index contributed by atoms with van der Waals surface area (Å²) >= 11 is 0. The van der Waals surface area contributed by atoms with Gasteiger partial charge in [-0.2, -0.15) is 0 Å². The van der Waals surface area contributed by atoms with E-state index in [0.717, 1.165) is 47.8 Å². The first-order chi connectivity index (χ1) is 13.0. The van der Waals surface area contributed by atoms with Gasteiger partial charge in [-0.3, -0.25) is 4.40 Å². The molecule has 8 heteroatoms. The van der Waals surface area contributed by atoms with Gasteiger partial charge in [0.25, 0.3) is 0 Å². The average Bonchev–Trinajstić information content (AvgIpc) is 3.04. The quantitative estimate of drug-likeness (QED) is 0.730. The van der Waals surface area contributed by atoms with Gasteiger partial charge in [0.2, 0.25) is 0 Å². The van der Waals surface area contributed by atoms with Gasteiger partial charge in [-0.1, -0.05) is 0 Å². The molecule has 4 rings (SSSR count). The Hall–Kier alpha value is -2.45. The van der Waals surface area contributed by atoms with Gasteiger partial charge in [0.05, 0.1) is 19.7 Å². The highest BCUT2D eigenvalue weighted by Gasteiger charge is 2.27. The van der Waals surface area contributed by atoms with Crippen molar-refractivity contribution in [3.05, 3.63) is 23.8 Å². The Kier molecular flexibility index (Phi) is 4.61. The van der Waals surface area contributed by atoms with E-state index in [1.165, 1.54) is 4.90 Å². The third-order valence-electron chi connectivity index (χ3n) is 5.10. The van der Waals surface area contributed by atoms with Crippen LogP contribution in [0.5, 0.6) is 11.5 Å². The minimum Gasteiger partial charge on any atom is -0.493 e. The lowest BCUT2D eigenvalue weighted by atomic mass is 10.2. The van der Waals surface area contributed by atoms with E-state index in [1.807, 2.05) is 23.5 Å². The van der Waals surface area contributed by atoms with Crippen molar-refractivity contribution in [2.24, 2.45) is 0 Å². The molecule has 0 bridgehead atoms. The maximum Gasteiger partial charge on any atom is 0.194 e. The fourth-order valence-electron chi connectivity index (χ4n) is 4.07. The Balaban J connectivity index is 1.79. The van der Waals surface area contributed by atoms with Crippen molar-refractivity contribution in [2.75, 3.05) is 27.3 Å². The normalized spacial score (nSPS) is 23.1. The standard InChI is InChI=1S/C19H25N5O3/c1-11-8-23(9-12(2)27-11)10-18-21-22-19-14-6-16(25-4)17(26-5)7-15(14)20-13(3)24(18)19/h6-7,11-12H,8-10H2,1-5H3/p+1/t11-,12-/m0/s1. The van der Waals surface area contributed by atoms with Gasteiger partial charge < -0.3 is 19.1 Å². The monoisotopic (exact) mass is 372 g/mol. The van der Waals surface area contributed by atoms with E-state index in [9.17, 15) is 0 Å². The van der Waals surface area contributed by atoms with Crippen LogP contribution >= 0.6 is 0 Å². The molecule has 3 heterocycles. The van der Waals surface area contributed by atoms with Gasteiger partial charge in [-0.25, -0.2) is 4.98 Å². The summed E-state index contributed by atoms with van der Waals surface area (Å²) in [4.78, 5) is 6.20. The number of aromatic nitrogens is 4. The van der Waals surface area contributed by atoms with Crippen molar-refractivity contribution in [1.82, 2.24) is 19.6 Å². The zero-order chi connectivity index (χ0) is 19.1. The fraction of sp³-hybridized carbons (Fsp3) is 0.526. The van der Waals surface area contributed by atoms with Gasteiger partial charge >= 0.3 is 0 Å². The van der Waals surface area contributed by atoms with Crippen molar-refractivity contribution < 1.29 is 19.1 Å². The van der Waals surface area contributed by atoms with E-state index in [-0.39, 0.29) is 12.2 Å². The molecule has 1 saturated heterocycles. The summed E-state index contributed by atoms with van der Waals surface area (Å²) in [5.41, 5.74) is 1.61. The van der Waals surface area contributed by atoms with Crippen molar-refractivity contribution in [1.29, 1.82) is 0 Å². The van der Waals surface area contributed by atoms with E-state index in [0.29, 0.717) is 11.5 Å². The van der Waals surface area contributed by atoms with Crippen molar-refractivity contribution in [3.63, 3.8) is 0 Å². The first kappa shape index (κ1) is 17.9. The molecule has 1 aliphatic rings. The molecular weight excluding hydrogens is 346 g/mol. The van der Waals surface area contributed by atoms with Crippen LogP contribution in [0.4, 0.5) is 0 Å². The summed E-state index contributed by atoms with van der Waals surface area (Å²) in [6, 6.07) is 3.80. The summed E-state index contributed by atoms with van der Waals surface area (Å²) in [7, 11) is 3.25. The molecule has 0 radical (unpaired) electrons. The van der Waals surface area contributed by atoms with E-state index >= 15 is 0 Å². The summed E-state index contributed by atoms with van der Waals surface area (Å²) in [6.07, 6.45) is 0.499. The number of methoxy groups -OCH3 is 2. The summed E-state index contributed by atoms with van der Waals surface area (Å²) in [6.45, 7) is 8.94. The zero-order valence-electron chi connectivity index (χ0n) is 16.4. The van der Waals surface area contributed by atoms with Crippen molar-refractivity contribution >= 4 is 16.6 Å². The third-order valence-corrected chi connectivity index (χ3v) is 5.10. The molecule has 144 valence electrons. The molecule has 0 aliphatic carbocycles. The van der Waals surface area contributed by atoms with E-state index in [2.05, 4.69) is 24.0 Å². The second-order valence-electron chi connectivity index (χ2n) is 7.25. The Morgan fingerprint density at radius 1 is 1.11 bits per heavy atom. The Labute approximate surface area is 158 Å². The molecule has 0 amide bonds. The van der Waals surface area contributed by atoms with Crippen LogP contribution in [0.25, 0.3) is 16.6 Å². The van der Waals surface area contributed by atoms with Crippen molar-refractivity contribution in [2.45, 2.75) is 39.5 Å². The van der Waals surface area contributed by atoms with Crippen LogP contribution in [-0.2, 0) is 11.3 Å². The van der Waals surface area contributed by atoms with Crippen LogP contribution in [0.15, 0.2) is 12.1 Å². The maximum atomic E-state index is 5.85. The molecule has 0 unspecified atom stereocenters. The third kappa shape index (κ3) is 3.19. The largest absolute Gasteiger partial charge is 0.493 e. The number of benzene rings is 1. The predicted molar refractivity (Wildman–Crippen MR) is 101 cm³/mol. The SMILES string of the molecule is COc1cc2nc(C)n3c(C[NH+]4C[C@H](C)O[C@@H](C)C4)nnc3c2cc1OC. The molecule has 2 atom stereocenters. The smallest absolute Gasteiger partial charge is 0.194 e. The number of rotatable bonds is 4.